The number of anilines is 4. The lowest BCUT2D eigenvalue weighted by Crippen LogP contribution is -2.44. The molecule has 2 aliphatic rings. The minimum absolute atomic E-state index is 0.0432. The van der Waals surface area contributed by atoms with Gasteiger partial charge in [0.25, 0.3) is 5.56 Å². The zero-order valence-corrected chi connectivity index (χ0v) is 26.1. The molecule has 0 aliphatic carbocycles. The smallest absolute Gasteiger partial charge is 0.295 e. The predicted molar refractivity (Wildman–Crippen MR) is 179 cm³/mol. The topological polar surface area (TPSA) is 125 Å². The van der Waals surface area contributed by atoms with Crippen molar-refractivity contribution < 1.29 is 14.3 Å². The summed E-state index contributed by atoms with van der Waals surface area (Å²) in [4.78, 5) is 54.3. The number of pyridine rings is 1. The highest BCUT2D eigenvalue weighted by Crippen LogP contribution is 2.31. The van der Waals surface area contributed by atoms with Gasteiger partial charge in [-0.1, -0.05) is 18.7 Å². The van der Waals surface area contributed by atoms with E-state index in [9.17, 15) is 14.4 Å². The molecular weight excluding hydrogens is 584 g/mol. The van der Waals surface area contributed by atoms with Crippen molar-refractivity contribution in [1.29, 1.82) is 0 Å². The Bertz CT molecular complexity index is 1810. The molecule has 0 spiro atoms. The van der Waals surface area contributed by atoms with Crippen LogP contribution in [-0.4, -0.2) is 82.5 Å². The summed E-state index contributed by atoms with van der Waals surface area (Å²) in [6.07, 6.45) is 4.25. The van der Waals surface area contributed by atoms with Gasteiger partial charge in [0.15, 0.2) is 11.5 Å². The molecule has 2 saturated heterocycles. The predicted octanol–water partition coefficient (Wildman–Crippen LogP) is 4.39. The zero-order chi connectivity index (χ0) is 32.2. The number of likely N-dealkylation sites (tertiary alicyclic amines) is 1. The number of hydrogen-bond acceptors (Lipinski definition) is 9. The number of piperidine rings is 1. The van der Waals surface area contributed by atoms with Gasteiger partial charge in [0.05, 0.1) is 11.7 Å². The number of rotatable bonds is 8. The van der Waals surface area contributed by atoms with Crippen molar-refractivity contribution in [2.24, 2.45) is 0 Å². The number of nitrogens with zero attached hydrogens (tertiary/aromatic N) is 6. The summed E-state index contributed by atoms with van der Waals surface area (Å²) in [5.74, 6) is 0.253. The van der Waals surface area contributed by atoms with Crippen LogP contribution in [0.2, 0.25) is 0 Å². The van der Waals surface area contributed by atoms with Crippen molar-refractivity contribution in [2.75, 3.05) is 61.8 Å². The maximum absolute atomic E-state index is 14.2. The molecular formula is C34H38N8O4. The quantitative estimate of drug-likeness (QED) is 0.275. The van der Waals surface area contributed by atoms with Gasteiger partial charge in [-0.2, -0.15) is 4.98 Å². The highest BCUT2D eigenvalue weighted by Gasteiger charge is 2.27. The third-order valence-corrected chi connectivity index (χ3v) is 8.49. The molecule has 0 bridgehead atoms. The summed E-state index contributed by atoms with van der Waals surface area (Å²) in [7, 11) is 2.14. The van der Waals surface area contributed by atoms with Crippen LogP contribution >= 0.6 is 0 Å². The second-order valence-electron chi connectivity index (χ2n) is 11.7. The van der Waals surface area contributed by atoms with Crippen LogP contribution in [0.3, 0.4) is 0 Å². The van der Waals surface area contributed by atoms with E-state index in [0.29, 0.717) is 47.9 Å². The van der Waals surface area contributed by atoms with Crippen LogP contribution in [0.4, 0.5) is 23.0 Å². The number of piperazine rings is 1. The molecule has 1 unspecified atom stereocenters. The van der Waals surface area contributed by atoms with Gasteiger partial charge in [-0.05, 0) is 68.4 Å². The lowest BCUT2D eigenvalue weighted by Gasteiger charge is -2.34. The van der Waals surface area contributed by atoms with Gasteiger partial charge in [0, 0.05) is 69.2 Å². The highest BCUT2D eigenvalue weighted by molar-refractivity contribution is 5.99. The lowest BCUT2D eigenvalue weighted by molar-refractivity contribution is -0.130. The van der Waals surface area contributed by atoms with Crippen LogP contribution in [0.15, 0.2) is 78.2 Å². The van der Waals surface area contributed by atoms with Gasteiger partial charge in [-0.15, -0.1) is 0 Å². The molecule has 1 atom stereocenters. The number of ether oxygens (including phenoxy) is 1. The van der Waals surface area contributed by atoms with E-state index in [1.807, 2.05) is 12.1 Å². The summed E-state index contributed by atoms with van der Waals surface area (Å²) < 4.78 is 7.77. The number of carbonyl (C=O) groups excluding carboxylic acids is 2. The number of amides is 2. The highest BCUT2D eigenvalue weighted by atomic mass is 16.5. The molecule has 12 nitrogen and oxygen atoms in total. The molecule has 2 aromatic heterocycles. The number of aromatic nitrogens is 3. The summed E-state index contributed by atoms with van der Waals surface area (Å²) in [5.41, 5.74) is 2.43. The molecule has 0 radical (unpaired) electrons. The third kappa shape index (κ3) is 6.71. The van der Waals surface area contributed by atoms with Crippen LogP contribution in [0.25, 0.3) is 11.0 Å². The first kappa shape index (κ1) is 30.8. The average Bonchev–Trinajstić information content (AvgIpc) is 3.07. The fourth-order valence-corrected chi connectivity index (χ4v) is 5.93. The van der Waals surface area contributed by atoms with E-state index >= 15 is 0 Å². The van der Waals surface area contributed by atoms with Crippen molar-refractivity contribution >= 4 is 45.9 Å². The van der Waals surface area contributed by atoms with E-state index in [0.717, 1.165) is 50.1 Å². The van der Waals surface area contributed by atoms with Crippen LogP contribution in [0.1, 0.15) is 25.8 Å². The number of fused-ring (bicyclic) bond motifs is 1. The van der Waals surface area contributed by atoms with Gasteiger partial charge in [0.1, 0.15) is 5.65 Å². The van der Waals surface area contributed by atoms with Crippen LogP contribution in [0, 0.1) is 0 Å². The van der Waals surface area contributed by atoms with Gasteiger partial charge >= 0.3 is 0 Å². The maximum Gasteiger partial charge on any atom is 0.295 e. The molecule has 2 fully saturated rings. The van der Waals surface area contributed by atoms with E-state index in [2.05, 4.69) is 51.2 Å². The Labute approximate surface area is 267 Å². The lowest BCUT2D eigenvalue weighted by atomic mass is 10.0. The molecule has 12 heteroatoms. The minimum Gasteiger partial charge on any atom is -0.449 e. The average molecular weight is 623 g/mol. The van der Waals surface area contributed by atoms with E-state index in [-0.39, 0.29) is 17.7 Å². The first-order valence-electron chi connectivity index (χ1n) is 15.5. The standard InChI is InChI=1S/C34H38N8O4/c1-4-31(44)37-28-9-5-6-10-29(28)46-30-20-24-21-35-34(36-25-11-13-26(14-12-25)40-18-16-39(3)17-19-40)38-32(24)42(33(30)45)27-8-7-15-41(22-27)23(2)43/h4-6,9-14,20-21,27H,1,7-8,15-19,22H2,2-3H3,(H,37,44)(H,35,36,38). The SMILES string of the molecule is C=CC(=O)Nc1ccccc1Oc1cc2cnc(Nc3ccc(N4CCN(C)CC4)cc3)nc2n(C2CCCN(C(C)=O)C2)c1=O. The number of likely N-dealkylation sites (N-methyl/N-ethyl adjacent to an activating group) is 1. The van der Waals surface area contributed by atoms with Gasteiger partial charge in [0.2, 0.25) is 17.8 Å². The van der Waals surface area contributed by atoms with Crippen molar-refractivity contribution in [3.05, 3.63) is 83.8 Å². The minimum atomic E-state index is -0.402. The monoisotopic (exact) mass is 622 g/mol. The second kappa shape index (κ2) is 13.4. The summed E-state index contributed by atoms with van der Waals surface area (Å²) in [5, 5.41) is 6.60. The molecule has 2 aromatic carbocycles. The number of benzene rings is 2. The Morgan fingerprint density at radius 2 is 1.78 bits per heavy atom. The van der Waals surface area contributed by atoms with Crippen LogP contribution in [0.5, 0.6) is 11.5 Å². The molecule has 238 valence electrons. The Morgan fingerprint density at radius 1 is 1.02 bits per heavy atom. The van der Waals surface area contributed by atoms with Crippen molar-refractivity contribution in [3.8, 4) is 11.5 Å². The Morgan fingerprint density at radius 3 is 2.52 bits per heavy atom. The first-order chi connectivity index (χ1) is 22.3. The fraction of sp³-hybridized carbons (Fsp3) is 0.324. The second-order valence-corrected chi connectivity index (χ2v) is 11.7. The normalized spacial score (nSPS) is 17.0. The molecule has 4 heterocycles. The van der Waals surface area contributed by atoms with E-state index in [1.165, 1.54) is 6.92 Å². The van der Waals surface area contributed by atoms with Crippen molar-refractivity contribution in [1.82, 2.24) is 24.3 Å². The first-order valence-corrected chi connectivity index (χ1v) is 15.5. The maximum atomic E-state index is 14.2. The van der Waals surface area contributed by atoms with Gasteiger partial charge < -0.3 is 30.1 Å². The molecule has 0 saturated carbocycles. The van der Waals surface area contributed by atoms with Crippen LogP contribution < -0.4 is 25.8 Å². The molecule has 2 aliphatic heterocycles. The Hall–Kier alpha value is -5.23. The third-order valence-electron chi connectivity index (χ3n) is 8.49. The van der Waals surface area contributed by atoms with E-state index in [4.69, 9.17) is 9.72 Å². The van der Waals surface area contributed by atoms with E-state index in [1.54, 1.807) is 46.0 Å². The molecule has 2 N–H and O–H groups in total. The van der Waals surface area contributed by atoms with E-state index < -0.39 is 11.5 Å². The molecule has 2 amide bonds. The number of carbonyl (C=O) groups is 2. The van der Waals surface area contributed by atoms with Gasteiger partial charge in [-0.3, -0.25) is 19.0 Å². The number of hydrogen-bond donors (Lipinski definition) is 2. The molecule has 46 heavy (non-hydrogen) atoms. The van der Waals surface area contributed by atoms with Crippen LogP contribution in [-0.2, 0) is 9.59 Å². The molecule has 6 rings (SSSR count). The summed E-state index contributed by atoms with van der Waals surface area (Å²) in [6, 6.07) is 16.3. The Kier molecular flexibility index (Phi) is 8.97. The van der Waals surface area contributed by atoms with Crippen molar-refractivity contribution in [3.63, 3.8) is 0 Å². The molecule has 4 aromatic rings. The van der Waals surface area contributed by atoms with Gasteiger partial charge in [-0.25, -0.2) is 4.98 Å². The fourth-order valence-electron chi connectivity index (χ4n) is 5.93. The summed E-state index contributed by atoms with van der Waals surface area (Å²) in [6.45, 7) is 10.1. The summed E-state index contributed by atoms with van der Waals surface area (Å²) >= 11 is 0. The number of nitrogens with one attached hydrogen (secondary N) is 2. The Balaban J connectivity index is 1.35. The largest absolute Gasteiger partial charge is 0.449 e. The zero-order valence-electron chi connectivity index (χ0n) is 26.1. The number of para-hydroxylation sites is 2. The van der Waals surface area contributed by atoms with Crippen molar-refractivity contribution in [2.45, 2.75) is 25.8 Å².